The van der Waals surface area contributed by atoms with E-state index in [-0.39, 0.29) is 24.0 Å². The number of aliphatic hydroxyl groups is 2. The van der Waals surface area contributed by atoms with Crippen LogP contribution in [0.4, 0.5) is 4.79 Å². The van der Waals surface area contributed by atoms with E-state index in [9.17, 15) is 19.8 Å². The molecule has 1 amide bonds. The highest BCUT2D eigenvalue weighted by Crippen LogP contribution is 2.59. The SMILES string of the molecule is COCCCN(C[C@]1(O)CC[C@H]2c3ccc(cc3C(=O)c3ccco3)C[C@@H](O)CCC(C)=CCC[C@@]21C)C(=O)Oc1ccc2ccccc2c1. The lowest BCUT2D eigenvalue weighted by Gasteiger charge is -2.46. The second-order valence-electron chi connectivity index (χ2n) is 14.4. The van der Waals surface area contributed by atoms with Crippen molar-refractivity contribution < 1.29 is 33.7 Å². The third-order valence-corrected chi connectivity index (χ3v) is 11.1. The zero-order valence-electron chi connectivity index (χ0n) is 29.4. The number of aliphatic hydroxyl groups excluding tert-OH is 1. The highest BCUT2D eigenvalue weighted by Gasteiger charge is 2.57. The summed E-state index contributed by atoms with van der Waals surface area (Å²) in [5.41, 5.74) is 1.46. The molecule has 4 atom stereocenters. The quantitative estimate of drug-likeness (QED) is 0.104. The van der Waals surface area contributed by atoms with Crippen molar-refractivity contribution in [1.29, 1.82) is 0 Å². The average Bonchev–Trinajstić information content (AvgIpc) is 3.73. The highest BCUT2D eigenvalue weighted by molar-refractivity contribution is 6.08. The minimum atomic E-state index is -1.29. The van der Waals surface area contributed by atoms with Gasteiger partial charge in [0.15, 0.2) is 5.76 Å². The van der Waals surface area contributed by atoms with Gasteiger partial charge in [-0.1, -0.05) is 61.0 Å². The Balaban J connectivity index is 1.36. The lowest BCUT2D eigenvalue weighted by molar-refractivity contribution is -0.0795. The van der Waals surface area contributed by atoms with Crippen LogP contribution in [0.3, 0.4) is 0 Å². The van der Waals surface area contributed by atoms with Gasteiger partial charge < -0.3 is 29.0 Å². The number of furan rings is 1. The van der Waals surface area contributed by atoms with E-state index in [1.165, 1.54) is 11.8 Å². The Morgan fingerprint density at radius 3 is 2.60 bits per heavy atom. The molecule has 0 spiro atoms. The fraction of sp³-hybridized carbons (Fsp3) is 0.429. The number of ketones is 1. The molecule has 264 valence electrons. The Kier molecular flexibility index (Phi) is 10.9. The van der Waals surface area contributed by atoms with Crippen LogP contribution in [-0.2, 0) is 11.2 Å². The number of amides is 1. The Morgan fingerprint density at radius 1 is 1.00 bits per heavy atom. The van der Waals surface area contributed by atoms with Crippen LogP contribution in [0.1, 0.15) is 92.0 Å². The maximum absolute atomic E-state index is 14.0. The summed E-state index contributed by atoms with van der Waals surface area (Å²) in [6.07, 6.45) is 7.46. The molecular formula is C42H49NO7. The van der Waals surface area contributed by atoms with Gasteiger partial charge in [0.25, 0.3) is 0 Å². The number of carbonyl (C=O) groups is 2. The van der Waals surface area contributed by atoms with Crippen molar-refractivity contribution in [2.24, 2.45) is 5.41 Å². The number of allylic oxidation sites excluding steroid dienone is 2. The van der Waals surface area contributed by atoms with E-state index < -0.39 is 23.2 Å². The number of hydrogen-bond donors (Lipinski definition) is 2. The molecule has 8 nitrogen and oxygen atoms in total. The van der Waals surface area contributed by atoms with E-state index in [0.29, 0.717) is 69.4 Å². The molecule has 1 fully saturated rings. The summed E-state index contributed by atoms with van der Waals surface area (Å²) in [4.78, 5) is 29.5. The summed E-state index contributed by atoms with van der Waals surface area (Å²) in [5, 5.41) is 25.8. The summed E-state index contributed by atoms with van der Waals surface area (Å²) in [5.74, 6) is 0.286. The third kappa shape index (κ3) is 7.58. The summed E-state index contributed by atoms with van der Waals surface area (Å²) in [6.45, 7) is 5.08. The van der Waals surface area contributed by atoms with Crippen LogP contribution in [0, 0.1) is 5.41 Å². The van der Waals surface area contributed by atoms with Crippen molar-refractivity contribution in [3.8, 4) is 5.75 Å². The van der Waals surface area contributed by atoms with Gasteiger partial charge in [0.1, 0.15) is 5.75 Å². The molecule has 7 rings (SSSR count). The molecule has 3 aromatic carbocycles. The number of nitrogens with zero attached hydrogens (tertiary/aromatic N) is 1. The summed E-state index contributed by atoms with van der Waals surface area (Å²) in [6, 6.07) is 22.8. The van der Waals surface area contributed by atoms with Crippen LogP contribution in [-0.4, -0.2) is 65.5 Å². The molecule has 0 radical (unpaired) electrons. The van der Waals surface area contributed by atoms with Crippen LogP contribution in [0.15, 0.2) is 95.1 Å². The zero-order chi connectivity index (χ0) is 35.3. The second kappa shape index (κ2) is 15.3. The first-order valence-corrected chi connectivity index (χ1v) is 17.8. The lowest BCUT2D eigenvalue weighted by atomic mass is 9.64. The Hall–Kier alpha value is -4.24. The first-order valence-electron chi connectivity index (χ1n) is 17.8. The van der Waals surface area contributed by atoms with Crippen LogP contribution in [0.2, 0.25) is 0 Å². The molecule has 2 bridgehead atoms. The molecule has 8 heteroatoms. The molecule has 0 unspecified atom stereocenters. The van der Waals surface area contributed by atoms with E-state index in [1.807, 2.05) is 54.6 Å². The van der Waals surface area contributed by atoms with E-state index in [4.69, 9.17) is 13.9 Å². The first-order chi connectivity index (χ1) is 24.1. The molecule has 3 aliphatic rings. The number of benzene rings is 3. The maximum Gasteiger partial charge on any atom is 0.415 e. The number of methoxy groups -OCH3 is 1. The summed E-state index contributed by atoms with van der Waals surface area (Å²) >= 11 is 0. The smallest absolute Gasteiger partial charge is 0.415 e. The number of carbonyl (C=O) groups excluding carboxylic acids is 2. The van der Waals surface area contributed by atoms with E-state index in [2.05, 4.69) is 19.9 Å². The molecule has 2 N–H and O–H groups in total. The first kappa shape index (κ1) is 35.6. The van der Waals surface area contributed by atoms with Gasteiger partial charge in [-0.15, -0.1) is 0 Å². The monoisotopic (exact) mass is 679 g/mol. The van der Waals surface area contributed by atoms with Gasteiger partial charge in [0.05, 0.1) is 24.5 Å². The number of fused-ring (bicyclic) bond motifs is 9. The Morgan fingerprint density at radius 2 is 1.82 bits per heavy atom. The molecule has 0 aliphatic heterocycles. The van der Waals surface area contributed by atoms with Crippen LogP contribution in [0.25, 0.3) is 10.8 Å². The minimum Gasteiger partial charge on any atom is -0.461 e. The van der Waals surface area contributed by atoms with Gasteiger partial charge in [-0.2, -0.15) is 0 Å². The number of hydrogen-bond acceptors (Lipinski definition) is 7. The minimum absolute atomic E-state index is 0.0740. The fourth-order valence-corrected chi connectivity index (χ4v) is 8.08. The lowest BCUT2D eigenvalue weighted by Crippen LogP contribution is -2.54. The van der Waals surface area contributed by atoms with Gasteiger partial charge in [0.2, 0.25) is 5.78 Å². The second-order valence-corrected chi connectivity index (χ2v) is 14.4. The van der Waals surface area contributed by atoms with Crippen molar-refractivity contribution in [2.45, 2.75) is 82.8 Å². The highest BCUT2D eigenvalue weighted by atomic mass is 16.6. The average molecular weight is 680 g/mol. The topological polar surface area (TPSA) is 109 Å². The van der Waals surface area contributed by atoms with Crippen molar-refractivity contribution in [3.05, 3.63) is 113 Å². The molecule has 3 aliphatic carbocycles. The zero-order valence-corrected chi connectivity index (χ0v) is 29.4. The Labute approximate surface area is 294 Å². The van der Waals surface area contributed by atoms with E-state index >= 15 is 0 Å². The predicted molar refractivity (Wildman–Crippen MR) is 194 cm³/mol. The molecule has 4 aromatic rings. The van der Waals surface area contributed by atoms with Crippen molar-refractivity contribution in [1.82, 2.24) is 4.90 Å². The van der Waals surface area contributed by atoms with Crippen LogP contribution < -0.4 is 4.74 Å². The molecule has 50 heavy (non-hydrogen) atoms. The molecule has 1 aromatic heterocycles. The van der Waals surface area contributed by atoms with E-state index in [1.54, 1.807) is 30.2 Å². The van der Waals surface area contributed by atoms with Gasteiger partial charge in [0, 0.05) is 31.2 Å². The normalized spacial score (nSPS) is 24.0. The van der Waals surface area contributed by atoms with Gasteiger partial charge >= 0.3 is 6.09 Å². The number of ether oxygens (including phenoxy) is 2. The third-order valence-electron chi connectivity index (χ3n) is 11.1. The fourth-order valence-electron chi connectivity index (χ4n) is 8.08. The Bertz CT molecular complexity index is 1830. The van der Waals surface area contributed by atoms with Gasteiger partial charge in [-0.05, 0) is 116 Å². The predicted octanol–water partition coefficient (Wildman–Crippen LogP) is 8.24. The molecule has 0 saturated heterocycles. The molecular weight excluding hydrogens is 630 g/mol. The standard InChI is InChI=1S/C42H49NO7/c1-29-9-6-20-41(2)37(35-18-14-30(25-33(44)16-13-29)26-36(35)39(45)38-12-7-24-49-38)19-21-42(41,47)28-43(22-8-23-48-3)40(46)50-34-17-15-31-10-4-5-11-32(31)27-34/h4-5,7,9-12,14-15,17-18,24,26-27,33,37,44,47H,6,8,13,16,19-23,25,28H2,1-3H3/t33-,37-,41-,42+/m0/s1. The summed E-state index contributed by atoms with van der Waals surface area (Å²) < 4.78 is 16.9. The molecule has 1 heterocycles. The largest absolute Gasteiger partial charge is 0.461 e. The maximum atomic E-state index is 14.0. The number of rotatable bonds is 9. The summed E-state index contributed by atoms with van der Waals surface area (Å²) in [7, 11) is 1.63. The van der Waals surface area contributed by atoms with Crippen molar-refractivity contribution in [2.75, 3.05) is 26.8 Å². The molecule has 1 saturated carbocycles. The van der Waals surface area contributed by atoms with Crippen molar-refractivity contribution in [3.63, 3.8) is 0 Å². The van der Waals surface area contributed by atoms with Crippen molar-refractivity contribution >= 4 is 22.6 Å². The van der Waals surface area contributed by atoms with Crippen LogP contribution >= 0.6 is 0 Å². The van der Waals surface area contributed by atoms with E-state index in [0.717, 1.165) is 28.3 Å². The van der Waals surface area contributed by atoms with Crippen LogP contribution in [0.5, 0.6) is 5.75 Å². The van der Waals surface area contributed by atoms with Gasteiger partial charge in [-0.25, -0.2) is 4.79 Å². The van der Waals surface area contributed by atoms with Gasteiger partial charge in [-0.3, -0.25) is 4.79 Å².